The van der Waals surface area contributed by atoms with Crippen LogP contribution < -0.4 is 0 Å². The van der Waals surface area contributed by atoms with Crippen LogP contribution in [0.25, 0.3) is 0 Å². The molecule has 2 rings (SSSR count). The molecule has 1 aliphatic heterocycles. The van der Waals surface area contributed by atoms with Gasteiger partial charge >= 0.3 is 6.09 Å². The van der Waals surface area contributed by atoms with Crippen LogP contribution in [-0.4, -0.2) is 53.3 Å². The highest BCUT2D eigenvalue weighted by Gasteiger charge is 2.36. The largest absolute Gasteiger partial charge is 0.444 e. The van der Waals surface area contributed by atoms with E-state index in [1.807, 2.05) is 0 Å². The van der Waals surface area contributed by atoms with Crippen molar-refractivity contribution in [1.82, 2.24) is 14.9 Å². The van der Waals surface area contributed by atoms with Crippen molar-refractivity contribution < 1.29 is 17.9 Å². The van der Waals surface area contributed by atoms with Gasteiger partial charge in [0.2, 0.25) is 15.0 Å². The third kappa shape index (κ3) is 4.78. The molecule has 9 heteroatoms. The number of ether oxygens (including phenoxy) is 1. The van der Waals surface area contributed by atoms with Gasteiger partial charge in [0.25, 0.3) is 0 Å². The minimum atomic E-state index is -3.70. The second kappa shape index (κ2) is 6.60. The Labute approximate surface area is 140 Å². The average molecular weight is 362 g/mol. The monoisotopic (exact) mass is 361 g/mol. The van der Waals surface area contributed by atoms with Crippen LogP contribution in [0.5, 0.6) is 0 Å². The molecule has 0 N–H and O–H groups in total. The summed E-state index contributed by atoms with van der Waals surface area (Å²) in [6, 6.07) is -0.436. The fourth-order valence-electron chi connectivity index (χ4n) is 2.36. The lowest BCUT2D eigenvalue weighted by Gasteiger charge is -2.28. The molecular weight excluding hydrogens is 342 g/mol. The smallest absolute Gasteiger partial charge is 0.410 e. The van der Waals surface area contributed by atoms with E-state index in [4.69, 9.17) is 16.3 Å². The first-order chi connectivity index (χ1) is 10.6. The molecule has 1 amide bonds. The van der Waals surface area contributed by atoms with Gasteiger partial charge in [-0.05, 0) is 33.6 Å². The van der Waals surface area contributed by atoms with Crippen molar-refractivity contribution in [3.63, 3.8) is 0 Å². The minimum Gasteiger partial charge on any atom is -0.444 e. The van der Waals surface area contributed by atoms with E-state index in [9.17, 15) is 13.2 Å². The van der Waals surface area contributed by atoms with E-state index < -0.39 is 27.6 Å². The van der Waals surface area contributed by atoms with Gasteiger partial charge in [-0.3, -0.25) is 0 Å². The standard InChI is InChI=1S/C14H20ClN3O4S/c1-14(2,3)22-13(19)18-6-4-5-11(18)9-23(20,21)12-16-7-10(15)8-17-12/h7-8,11H,4-6,9H2,1-3H3/t11-/m1/s1. The molecule has 0 bridgehead atoms. The van der Waals surface area contributed by atoms with E-state index in [0.29, 0.717) is 13.0 Å². The van der Waals surface area contributed by atoms with Crippen LogP contribution in [0.1, 0.15) is 33.6 Å². The van der Waals surface area contributed by atoms with Crippen molar-refractivity contribution in [1.29, 1.82) is 0 Å². The summed E-state index contributed by atoms with van der Waals surface area (Å²) in [5, 5.41) is -0.0156. The van der Waals surface area contributed by atoms with Crippen LogP contribution in [0, 0.1) is 0 Å². The van der Waals surface area contributed by atoms with Crippen molar-refractivity contribution in [3.8, 4) is 0 Å². The Balaban J connectivity index is 2.11. The third-order valence-corrected chi connectivity index (χ3v) is 5.08. The Morgan fingerprint density at radius 3 is 2.57 bits per heavy atom. The van der Waals surface area contributed by atoms with Crippen LogP contribution in [-0.2, 0) is 14.6 Å². The fraction of sp³-hybridized carbons (Fsp3) is 0.643. The van der Waals surface area contributed by atoms with Crippen LogP contribution >= 0.6 is 11.6 Å². The van der Waals surface area contributed by atoms with Gasteiger partial charge in [-0.1, -0.05) is 11.6 Å². The third-order valence-electron chi connectivity index (χ3n) is 3.29. The Hall–Kier alpha value is -1.41. The summed E-state index contributed by atoms with van der Waals surface area (Å²) in [5.41, 5.74) is -0.623. The molecule has 7 nitrogen and oxygen atoms in total. The summed E-state index contributed by atoms with van der Waals surface area (Å²) < 4.78 is 30.1. The van der Waals surface area contributed by atoms with Crippen LogP contribution in [0.15, 0.2) is 17.6 Å². The van der Waals surface area contributed by atoms with Gasteiger partial charge in [-0.25, -0.2) is 23.2 Å². The van der Waals surface area contributed by atoms with Gasteiger partial charge in [-0.2, -0.15) is 0 Å². The Morgan fingerprint density at radius 2 is 2.00 bits per heavy atom. The van der Waals surface area contributed by atoms with E-state index >= 15 is 0 Å². The first-order valence-electron chi connectivity index (χ1n) is 7.28. The minimum absolute atomic E-state index is 0.228. The first-order valence-corrected chi connectivity index (χ1v) is 9.31. The lowest BCUT2D eigenvalue weighted by molar-refractivity contribution is 0.0241. The molecule has 128 valence electrons. The summed E-state index contributed by atoms with van der Waals surface area (Å²) in [5.74, 6) is -0.228. The highest BCUT2D eigenvalue weighted by molar-refractivity contribution is 7.91. The van der Waals surface area contributed by atoms with E-state index in [1.54, 1.807) is 20.8 Å². The summed E-state index contributed by atoms with van der Waals surface area (Å²) >= 11 is 5.67. The number of likely N-dealkylation sites (tertiary alicyclic amines) is 1. The molecule has 0 saturated carbocycles. The molecule has 1 aromatic heterocycles. The number of amides is 1. The zero-order valence-electron chi connectivity index (χ0n) is 13.3. The van der Waals surface area contributed by atoms with Gasteiger partial charge in [0, 0.05) is 12.6 Å². The highest BCUT2D eigenvalue weighted by atomic mass is 35.5. The number of rotatable bonds is 3. The Kier molecular flexibility index (Phi) is 5.15. The van der Waals surface area contributed by atoms with Crippen molar-refractivity contribution >= 4 is 27.5 Å². The molecule has 0 spiro atoms. The number of carbonyl (C=O) groups is 1. The highest BCUT2D eigenvalue weighted by Crippen LogP contribution is 2.23. The zero-order valence-corrected chi connectivity index (χ0v) is 14.9. The quantitative estimate of drug-likeness (QED) is 0.767. The molecular formula is C14H20ClN3O4S. The maximum atomic E-state index is 12.4. The van der Waals surface area contributed by atoms with Crippen LogP contribution in [0.4, 0.5) is 4.79 Å². The number of nitrogens with zero attached hydrogens (tertiary/aromatic N) is 3. The van der Waals surface area contributed by atoms with Gasteiger partial charge < -0.3 is 9.64 Å². The average Bonchev–Trinajstić information content (AvgIpc) is 2.84. The molecule has 1 saturated heterocycles. The Morgan fingerprint density at radius 1 is 1.39 bits per heavy atom. The van der Waals surface area contributed by atoms with E-state index in [1.165, 1.54) is 17.3 Å². The summed E-state index contributed by atoms with van der Waals surface area (Å²) in [4.78, 5) is 21.2. The van der Waals surface area contributed by atoms with Crippen molar-refractivity contribution in [3.05, 3.63) is 17.4 Å². The molecule has 0 aliphatic carbocycles. The van der Waals surface area contributed by atoms with E-state index in [2.05, 4.69) is 9.97 Å². The van der Waals surface area contributed by atoms with E-state index in [-0.39, 0.29) is 15.9 Å². The topological polar surface area (TPSA) is 89.5 Å². The normalized spacial score (nSPS) is 19.0. The first kappa shape index (κ1) is 17.9. The number of hydrogen-bond acceptors (Lipinski definition) is 6. The molecule has 1 aromatic rings. The number of sulfone groups is 1. The molecule has 0 aromatic carbocycles. The summed E-state index contributed by atoms with van der Waals surface area (Å²) in [6.07, 6.45) is 3.32. The number of carbonyl (C=O) groups excluding carboxylic acids is 1. The molecule has 1 fully saturated rings. The van der Waals surface area contributed by atoms with Crippen LogP contribution in [0.2, 0.25) is 5.02 Å². The second-order valence-corrected chi connectivity index (χ2v) is 8.80. The number of halogens is 1. The molecule has 0 unspecified atom stereocenters. The second-order valence-electron chi connectivity index (χ2n) is 6.44. The van der Waals surface area contributed by atoms with E-state index in [0.717, 1.165) is 6.42 Å². The molecule has 23 heavy (non-hydrogen) atoms. The fourth-order valence-corrected chi connectivity index (χ4v) is 3.89. The maximum absolute atomic E-state index is 12.4. The zero-order chi connectivity index (χ0) is 17.3. The van der Waals surface area contributed by atoms with Crippen LogP contribution in [0.3, 0.4) is 0 Å². The molecule has 0 radical (unpaired) electrons. The summed E-state index contributed by atoms with van der Waals surface area (Å²) in [6.45, 7) is 5.80. The maximum Gasteiger partial charge on any atom is 0.410 e. The van der Waals surface area contributed by atoms with Crippen molar-refractivity contribution in [2.24, 2.45) is 0 Å². The lowest BCUT2D eigenvalue weighted by atomic mass is 10.2. The molecule has 1 atom stereocenters. The van der Waals surface area contributed by atoms with Gasteiger partial charge in [0.15, 0.2) is 0 Å². The molecule has 1 aliphatic rings. The van der Waals surface area contributed by atoms with Crippen molar-refractivity contribution in [2.75, 3.05) is 12.3 Å². The van der Waals surface area contributed by atoms with Gasteiger partial charge in [-0.15, -0.1) is 0 Å². The van der Waals surface area contributed by atoms with Gasteiger partial charge in [0.1, 0.15) is 5.60 Å². The predicted molar refractivity (Wildman–Crippen MR) is 85.1 cm³/mol. The Bertz CT molecular complexity index is 670. The predicted octanol–water partition coefficient (Wildman–Crippen LogP) is 2.30. The lowest BCUT2D eigenvalue weighted by Crippen LogP contribution is -2.42. The number of hydrogen-bond donors (Lipinski definition) is 0. The van der Waals surface area contributed by atoms with Gasteiger partial charge in [0.05, 0.1) is 23.2 Å². The SMILES string of the molecule is CC(C)(C)OC(=O)N1CCC[C@@H]1CS(=O)(=O)c1ncc(Cl)cn1. The summed E-state index contributed by atoms with van der Waals surface area (Å²) in [7, 11) is -3.70. The molecule has 2 heterocycles. The van der Waals surface area contributed by atoms with Crippen molar-refractivity contribution in [2.45, 2.75) is 50.4 Å². The number of aromatic nitrogens is 2.